The van der Waals surface area contributed by atoms with E-state index in [-0.39, 0.29) is 39.7 Å². The maximum absolute atomic E-state index is 13.2. The Morgan fingerprint density at radius 3 is 2.52 bits per heavy atom. The number of nitrogens with one attached hydrogen (secondary N) is 3. The Bertz CT molecular complexity index is 1340. The molecule has 5 rings (SSSR count). The van der Waals surface area contributed by atoms with Gasteiger partial charge in [0.1, 0.15) is 11.4 Å². The normalized spacial score (nSPS) is 13.7. The molecule has 4 aromatic rings. The number of aromatic amines is 1. The average Bonchev–Trinajstić information content (AvgIpc) is 3.47. The molecule has 2 aromatic heterocycles. The monoisotopic (exact) mass is 473 g/mol. The molecule has 0 saturated heterocycles. The van der Waals surface area contributed by atoms with Gasteiger partial charge in [-0.1, -0.05) is 0 Å². The number of amides is 2. The van der Waals surface area contributed by atoms with Crippen molar-refractivity contribution in [3.63, 3.8) is 0 Å². The fourth-order valence-electron chi connectivity index (χ4n) is 3.03. The molecular formula is C20H13F2N5O5S. The maximum atomic E-state index is 13.2. The number of aromatic nitrogens is 3. The summed E-state index contributed by atoms with van der Waals surface area (Å²) >= 11 is 1.08. The average molecular weight is 473 g/mol. The summed E-state index contributed by atoms with van der Waals surface area (Å²) in [5.41, 5.74) is 1.10. The lowest BCUT2D eigenvalue weighted by Gasteiger charge is -2.04. The molecule has 10 nitrogen and oxygen atoms in total. The zero-order chi connectivity index (χ0) is 23.2. The second-order valence-electron chi connectivity index (χ2n) is 6.74. The molecule has 0 spiro atoms. The SMILES string of the molecule is COc1ccc(C(=O)Nc2nc(C(=O)Nc3nc4cc5c(cc4[nH]3)OC(F)(F)O5)cs2)cc1. The first-order valence-electron chi connectivity index (χ1n) is 9.31. The highest BCUT2D eigenvalue weighted by molar-refractivity contribution is 7.14. The van der Waals surface area contributed by atoms with Gasteiger partial charge in [0.15, 0.2) is 16.6 Å². The molecular weight excluding hydrogens is 460 g/mol. The van der Waals surface area contributed by atoms with Crippen molar-refractivity contribution in [2.45, 2.75) is 6.29 Å². The van der Waals surface area contributed by atoms with Crippen LogP contribution in [-0.2, 0) is 0 Å². The number of imidazole rings is 1. The number of alkyl halides is 2. The standard InChI is InChI=1S/C20H13F2N5O5S/c1-30-10-4-2-9(3-5-10)16(28)27-19-25-13(8-33-19)17(29)26-18-23-11-6-14-15(7-12(11)24-18)32-20(21,22)31-14/h2-8H,1H3,(H,25,27,28)(H2,23,24,26,29). The van der Waals surface area contributed by atoms with Gasteiger partial charge in [-0.25, -0.2) is 9.97 Å². The van der Waals surface area contributed by atoms with Crippen LogP contribution in [0.25, 0.3) is 11.0 Å². The number of methoxy groups -OCH3 is 1. The van der Waals surface area contributed by atoms with Crippen LogP contribution in [0.4, 0.5) is 19.9 Å². The van der Waals surface area contributed by atoms with E-state index in [0.29, 0.717) is 16.8 Å². The first-order chi connectivity index (χ1) is 15.8. The highest BCUT2D eigenvalue weighted by atomic mass is 32.1. The van der Waals surface area contributed by atoms with E-state index in [1.165, 1.54) is 24.6 Å². The number of rotatable bonds is 5. The summed E-state index contributed by atoms with van der Waals surface area (Å²) in [6, 6.07) is 9.08. The van der Waals surface area contributed by atoms with E-state index in [4.69, 9.17) is 4.74 Å². The van der Waals surface area contributed by atoms with E-state index in [0.717, 1.165) is 11.3 Å². The molecule has 1 aliphatic rings. The van der Waals surface area contributed by atoms with Crippen molar-refractivity contribution in [2.24, 2.45) is 0 Å². The van der Waals surface area contributed by atoms with Crippen molar-refractivity contribution in [1.82, 2.24) is 15.0 Å². The number of hydrogen-bond donors (Lipinski definition) is 3. The van der Waals surface area contributed by atoms with E-state index >= 15 is 0 Å². The van der Waals surface area contributed by atoms with Crippen LogP contribution in [0.3, 0.4) is 0 Å². The van der Waals surface area contributed by atoms with E-state index in [1.54, 1.807) is 24.3 Å². The largest absolute Gasteiger partial charge is 0.586 e. The molecule has 2 amide bonds. The zero-order valence-electron chi connectivity index (χ0n) is 16.6. The van der Waals surface area contributed by atoms with Gasteiger partial charge in [0, 0.05) is 23.1 Å². The summed E-state index contributed by atoms with van der Waals surface area (Å²) in [7, 11) is 1.53. The minimum absolute atomic E-state index is 0.0549. The number of H-pyrrole nitrogens is 1. The first-order valence-corrected chi connectivity index (χ1v) is 10.2. The molecule has 0 fully saturated rings. The topological polar surface area (TPSA) is 127 Å². The van der Waals surface area contributed by atoms with Crippen molar-refractivity contribution in [3.8, 4) is 17.2 Å². The maximum Gasteiger partial charge on any atom is 0.586 e. The second-order valence-corrected chi connectivity index (χ2v) is 7.60. The van der Waals surface area contributed by atoms with Crippen molar-refractivity contribution in [2.75, 3.05) is 17.7 Å². The van der Waals surface area contributed by atoms with E-state index in [2.05, 4.69) is 35.1 Å². The lowest BCUT2D eigenvalue weighted by atomic mass is 10.2. The second kappa shape index (κ2) is 7.70. The van der Waals surface area contributed by atoms with Crippen molar-refractivity contribution < 1.29 is 32.6 Å². The molecule has 3 heterocycles. The summed E-state index contributed by atoms with van der Waals surface area (Å²) in [4.78, 5) is 35.9. The molecule has 0 bridgehead atoms. The molecule has 33 heavy (non-hydrogen) atoms. The predicted octanol–water partition coefficient (Wildman–Crippen LogP) is 3.85. The number of anilines is 2. The third-order valence-corrected chi connectivity index (χ3v) is 5.30. The van der Waals surface area contributed by atoms with Gasteiger partial charge in [-0.15, -0.1) is 20.1 Å². The van der Waals surface area contributed by atoms with Gasteiger partial charge < -0.3 is 19.2 Å². The van der Waals surface area contributed by atoms with E-state index in [1.807, 2.05) is 0 Å². The van der Waals surface area contributed by atoms with Crippen LogP contribution in [0.5, 0.6) is 17.2 Å². The van der Waals surface area contributed by atoms with Gasteiger partial charge in [-0.05, 0) is 24.3 Å². The van der Waals surface area contributed by atoms with Gasteiger partial charge in [0.05, 0.1) is 18.1 Å². The van der Waals surface area contributed by atoms with Crippen LogP contribution in [0.1, 0.15) is 20.8 Å². The van der Waals surface area contributed by atoms with E-state index < -0.39 is 12.2 Å². The zero-order valence-corrected chi connectivity index (χ0v) is 17.5. The van der Waals surface area contributed by atoms with Crippen LogP contribution in [0.15, 0.2) is 41.8 Å². The fraction of sp³-hybridized carbons (Fsp3) is 0.100. The molecule has 0 saturated carbocycles. The number of carbonyl (C=O) groups excluding carboxylic acids is 2. The number of hydrogen-bond acceptors (Lipinski definition) is 8. The molecule has 3 N–H and O–H groups in total. The Balaban J connectivity index is 1.26. The Morgan fingerprint density at radius 1 is 1.06 bits per heavy atom. The highest BCUT2D eigenvalue weighted by Gasteiger charge is 2.43. The fourth-order valence-corrected chi connectivity index (χ4v) is 3.72. The Morgan fingerprint density at radius 2 is 1.79 bits per heavy atom. The van der Waals surface area contributed by atoms with Crippen LogP contribution >= 0.6 is 11.3 Å². The number of benzene rings is 2. The summed E-state index contributed by atoms with van der Waals surface area (Å²) in [5.74, 6) is -0.587. The van der Waals surface area contributed by atoms with Gasteiger partial charge in [-0.2, -0.15) is 0 Å². The predicted molar refractivity (Wildman–Crippen MR) is 113 cm³/mol. The molecule has 0 unspecified atom stereocenters. The van der Waals surface area contributed by atoms with Gasteiger partial charge in [0.25, 0.3) is 11.8 Å². The summed E-state index contributed by atoms with van der Waals surface area (Å²) in [6.45, 7) is 0. The molecule has 1 aliphatic heterocycles. The van der Waals surface area contributed by atoms with Crippen LogP contribution in [0.2, 0.25) is 0 Å². The minimum Gasteiger partial charge on any atom is -0.497 e. The Hall–Kier alpha value is -4.26. The first kappa shape index (κ1) is 20.6. The molecule has 0 aliphatic carbocycles. The quantitative estimate of drug-likeness (QED) is 0.402. The van der Waals surface area contributed by atoms with E-state index in [9.17, 15) is 18.4 Å². The number of ether oxygens (including phenoxy) is 3. The van der Waals surface area contributed by atoms with Gasteiger partial charge in [-0.3, -0.25) is 20.2 Å². The number of halogens is 2. The lowest BCUT2D eigenvalue weighted by Crippen LogP contribution is -2.25. The Kier molecular flexibility index (Phi) is 4.82. The number of carbonyl (C=O) groups is 2. The molecule has 0 atom stereocenters. The summed E-state index contributed by atoms with van der Waals surface area (Å²) in [6.07, 6.45) is -3.73. The molecule has 13 heteroatoms. The number of fused-ring (bicyclic) bond motifs is 2. The summed E-state index contributed by atoms with van der Waals surface area (Å²) < 4.78 is 40.2. The third-order valence-electron chi connectivity index (χ3n) is 4.55. The summed E-state index contributed by atoms with van der Waals surface area (Å²) in [5, 5.41) is 6.86. The highest BCUT2D eigenvalue weighted by Crippen LogP contribution is 2.42. The molecule has 168 valence electrons. The van der Waals surface area contributed by atoms with Crippen molar-refractivity contribution >= 4 is 45.3 Å². The third kappa shape index (κ3) is 4.13. The lowest BCUT2D eigenvalue weighted by molar-refractivity contribution is -0.286. The molecule has 0 radical (unpaired) electrons. The van der Waals surface area contributed by atoms with Gasteiger partial charge in [0.2, 0.25) is 5.95 Å². The van der Waals surface area contributed by atoms with Crippen LogP contribution in [0, 0.1) is 0 Å². The van der Waals surface area contributed by atoms with Crippen LogP contribution in [-0.4, -0.2) is 40.2 Å². The smallest absolute Gasteiger partial charge is 0.497 e. The van der Waals surface area contributed by atoms with Gasteiger partial charge >= 0.3 is 6.29 Å². The number of nitrogens with zero attached hydrogens (tertiary/aromatic N) is 2. The van der Waals surface area contributed by atoms with Crippen LogP contribution < -0.4 is 24.8 Å². The minimum atomic E-state index is -3.73. The van der Waals surface area contributed by atoms with Crippen molar-refractivity contribution in [1.29, 1.82) is 0 Å². The molecule has 2 aromatic carbocycles. The number of thiazole rings is 1. The Labute approximate surface area is 187 Å². The van der Waals surface area contributed by atoms with Crippen molar-refractivity contribution in [3.05, 3.63) is 53.0 Å².